The van der Waals surface area contributed by atoms with Gasteiger partial charge in [0, 0.05) is 21.1 Å². The van der Waals surface area contributed by atoms with Crippen molar-refractivity contribution < 1.29 is 18.7 Å². The third kappa shape index (κ3) is 6.01. The van der Waals surface area contributed by atoms with Gasteiger partial charge in [-0.3, -0.25) is 9.59 Å². The average molecular weight is 716 g/mol. The number of benzene rings is 4. The third-order valence-electron chi connectivity index (χ3n) is 6.57. The first-order valence-electron chi connectivity index (χ1n) is 13.6. The van der Waals surface area contributed by atoms with Gasteiger partial charge >= 0.3 is 0 Å². The molecule has 0 spiro atoms. The number of fused-ring (bicyclic) bond motifs is 2. The first kappa shape index (κ1) is 29.3. The Hall–Kier alpha value is -4.74. The van der Waals surface area contributed by atoms with Crippen LogP contribution < -0.4 is 20.3 Å². The number of nitrogens with one attached hydrogen (secondary N) is 1. The van der Waals surface area contributed by atoms with Gasteiger partial charge in [0.1, 0.15) is 5.58 Å². The van der Waals surface area contributed by atoms with E-state index in [-0.39, 0.29) is 23.9 Å². The summed E-state index contributed by atoms with van der Waals surface area (Å²) in [6, 6.07) is 27.3. The number of ether oxygens (including phenoxy) is 2. The van der Waals surface area contributed by atoms with Crippen LogP contribution in [0, 0.1) is 0 Å². The lowest BCUT2D eigenvalue weighted by atomic mass is 10.2. The normalized spacial score (nSPS) is 11.3. The summed E-state index contributed by atoms with van der Waals surface area (Å²) in [7, 11) is 0. The minimum Gasteiger partial charge on any atom is -0.490 e. The molecule has 0 radical (unpaired) electrons. The lowest BCUT2D eigenvalue weighted by molar-refractivity contribution is -0.118. The largest absolute Gasteiger partial charge is 0.490 e. The van der Waals surface area contributed by atoms with Crippen LogP contribution in [0.25, 0.3) is 33.5 Å². The summed E-state index contributed by atoms with van der Waals surface area (Å²) in [5.74, 6) is 1.06. The van der Waals surface area contributed by atoms with Crippen molar-refractivity contribution in [1.29, 1.82) is 0 Å². The van der Waals surface area contributed by atoms with Crippen LogP contribution in [-0.2, 0) is 4.79 Å². The summed E-state index contributed by atoms with van der Waals surface area (Å²) in [6.07, 6.45) is 1.52. The van der Waals surface area contributed by atoms with E-state index >= 15 is 0 Å². The molecular weight excluding hydrogens is 692 g/mol. The Morgan fingerprint density at radius 2 is 1.73 bits per heavy atom. The minimum atomic E-state index is -0.355. The second-order valence-electron chi connectivity index (χ2n) is 9.52. The van der Waals surface area contributed by atoms with Gasteiger partial charge in [-0.2, -0.15) is 9.78 Å². The molecule has 1 amide bonds. The number of anilines is 1. The van der Waals surface area contributed by atoms with E-state index in [9.17, 15) is 9.59 Å². The Balaban J connectivity index is 1.37. The second kappa shape index (κ2) is 12.9. The molecule has 0 unspecified atom stereocenters. The molecule has 2 heterocycles. The number of carbonyl (C=O) groups is 1. The zero-order chi connectivity index (χ0) is 30.6. The SMILES string of the molecule is CCOc1cc(C=Nn2c(-c3cc4ccccc4o3)nc3ccccc3c2=O)c(Br)c(Br)c1OCC(=O)Nc1ccccc1. The summed E-state index contributed by atoms with van der Waals surface area (Å²) in [6.45, 7) is 1.95. The Morgan fingerprint density at radius 1 is 0.977 bits per heavy atom. The van der Waals surface area contributed by atoms with Crippen LogP contribution in [0.3, 0.4) is 0 Å². The molecule has 6 aromatic rings. The van der Waals surface area contributed by atoms with Crippen LogP contribution in [0.5, 0.6) is 11.5 Å². The number of hydrogen-bond donors (Lipinski definition) is 1. The number of nitrogens with zero attached hydrogens (tertiary/aromatic N) is 3. The summed E-state index contributed by atoms with van der Waals surface area (Å²) in [5, 5.41) is 8.66. The highest BCUT2D eigenvalue weighted by Crippen LogP contribution is 2.42. The van der Waals surface area contributed by atoms with Crippen molar-refractivity contribution in [3.63, 3.8) is 0 Å². The molecule has 0 saturated carbocycles. The van der Waals surface area contributed by atoms with E-state index in [2.05, 4.69) is 42.3 Å². The van der Waals surface area contributed by atoms with Gasteiger partial charge in [0.25, 0.3) is 11.5 Å². The van der Waals surface area contributed by atoms with Crippen molar-refractivity contribution in [2.45, 2.75) is 6.92 Å². The lowest BCUT2D eigenvalue weighted by Crippen LogP contribution is -2.21. The molecule has 0 aliphatic heterocycles. The van der Waals surface area contributed by atoms with Crippen molar-refractivity contribution in [2.24, 2.45) is 5.10 Å². The van der Waals surface area contributed by atoms with Crippen LogP contribution in [0.1, 0.15) is 12.5 Å². The molecule has 0 aliphatic carbocycles. The molecule has 4 aromatic carbocycles. The van der Waals surface area contributed by atoms with E-state index in [1.807, 2.05) is 61.5 Å². The van der Waals surface area contributed by atoms with E-state index in [0.717, 1.165) is 5.39 Å². The maximum Gasteiger partial charge on any atom is 0.282 e. The van der Waals surface area contributed by atoms with Crippen molar-refractivity contribution >= 4 is 71.5 Å². The first-order chi connectivity index (χ1) is 21.4. The zero-order valence-electron chi connectivity index (χ0n) is 23.3. The summed E-state index contributed by atoms with van der Waals surface area (Å²) >= 11 is 7.17. The van der Waals surface area contributed by atoms with Crippen LogP contribution in [0.4, 0.5) is 5.69 Å². The monoisotopic (exact) mass is 714 g/mol. The molecule has 9 nitrogen and oxygen atoms in total. The molecule has 0 aliphatic rings. The fourth-order valence-corrected chi connectivity index (χ4v) is 5.49. The van der Waals surface area contributed by atoms with Gasteiger partial charge < -0.3 is 19.2 Å². The van der Waals surface area contributed by atoms with Crippen LogP contribution in [0.2, 0.25) is 0 Å². The van der Waals surface area contributed by atoms with E-state index in [4.69, 9.17) is 18.9 Å². The van der Waals surface area contributed by atoms with Crippen LogP contribution in [-0.4, -0.2) is 35.0 Å². The first-order valence-corrected chi connectivity index (χ1v) is 15.2. The summed E-state index contributed by atoms with van der Waals surface area (Å²) < 4.78 is 20.1. The molecule has 220 valence electrons. The number of carbonyl (C=O) groups excluding carboxylic acids is 1. The van der Waals surface area contributed by atoms with Crippen molar-refractivity contribution in [1.82, 2.24) is 9.66 Å². The number of para-hydroxylation sites is 3. The molecule has 0 saturated heterocycles. The fourth-order valence-electron chi connectivity index (χ4n) is 4.55. The molecule has 0 fully saturated rings. The Morgan fingerprint density at radius 3 is 2.52 bits per heavy atom. The van der Waals surface area contributed by atoms with Gasteiger partial charge in [-0.1, -0.05) is 48.5 Å². The predicted octanol–water partition coefficient (Wildman–Crippen LogP) is 7.63. The van der Waals surface area contributed by atoms with E-state index in [0.29, 0.717) is 60.5 Å². The Bertz CT molecular complexity index is 2060. The standard InChI is InChI=1S/C33H24Br2N4O5/c1-2-42-26-17-21(29(34)30(35)31(26)43-19-28(40)37-22-11-4-3-5-12-22)18-36-39-32(27-16-20-10-6-9-15-25(20)44-27)38-24-14-8-7-13-23(24)33(39)41/h3-18H,2,19H2,1H3,(H,37,40). The minimum absolute atomic E-state index is 0.244. The molecule has 0 atom stereocenters. The number of halogens is 2. The maximum absolute atomic E-state index is 13.7. The van der Waals surface area contributed by atoms with E-state index in [1.54, 1.807) is 36.4 Å². The molecule has 2 aromatic heterocycles. The lowest BCUT2D eigenvalue weighted by Gasteiger charge is -2.16. The molecule has 11 heteroatoms. The number of amides is 1. The summed E-state index contributed by atoms with van der Waals surface area (Å²) in [4.78, 5) is 31.0. The highest BCUT2D eigenvalue weighted by atomic mass is 79.9. The van der Waals surface area contributed by atoms with E-state index in [1.165, 1.54) is 10.9 Å². The zero-order valence-corrected chi connectivity index (χ0v) is 26.5. The molecule has 0 bridgehead atoms. The Kier molecular flexibility index (Phi) is 8.58. The molecular formula is C33H24Br2N4O5. The number of hydrogen-bond acceptors (Lipinski definition) is 7. The van der Waals surface area contributed by atoms with Crippen LogP contribution in [0.15, 0.2) is 114 Å². The van der Waals surface area contributed by atoms with Gasteiger partial charge in [-0.25, -0.2) is 4.98 Å². The topological polar surface area (TPSA) is 108 Å². The van der Waals surface area contributed by atoms with Crippen molar-refractivity contribution in [3.05, 3.63) is 116 Å². The van der Waals surface area contributed by atoms with Crippen molar-refractivity contribution in [3.8, 4) is 23.1 Å². The molecule has 1 N–H and O–H groups in total. The Labute approximate surface area is 268 Å². The van der Waals surface area contributed by atoms with Crippen LogP contribution >= 0.6 is 31.9 Å². The number of rotatable bonds is 9. The predicted molar refractivity (Wildman–Crippen MR) is 178 cm³/mol. The molecule has 6 rings (SSSR count). The summed E-state index contributed by atoms with van der Waals surface area (Å²) in [5.41, 5.74) is 2.09. The average Bonchev–Trinajstić information content (AvgIpc) is 3.47. The van der Waals surface area contributed by atoms with Crippen molar-refractivity contribution in [2.75, 3.05) is 18.5 Å². The maximum atomic E-state index is 13.7. The second-order valence-corrected chi connectivity index (χ2v) is 11.1. The quantitative estimate of drug-likeness (QED) is 0.154. The highest BCUT2D eigenvalue weighted by Gasteiger charge is 2.20. The highest BCUT2D eigenvalue weighted by molar-refractivity contribution is 9.13. The number of aromatic nitrogens is 2. The van der Waals surface area contributed by atoms with Gasteiger partial charge in [-0.15, -0.1) is 0 Å². The van der Waals surface area contributed by atoms with Gasteiger partial charge in [0.15, 0.2) is 23.9 Å². The molecule has 44 heavy (non-hydrogen) atoms. The number of furan rings is 1. The van der Waals surface area contributed by atoms with Gasteiger partial charge in [-0.05, 0) is 81.2 Å². The smallest absolute Gasteiger partial charge is 0.282 e. The fraction of sp³-hybridized carbons (Fsp3) is 0.0909. The third-order valence-corrected chi connectivity index (χ3v) is 8.72. The van der Waals surface area contributed by atoms with E-state index < -0.39 is 0 Å². The van der Waals surface area contributed by atoms with Gasteiger partial charge in [0.2, 0.25) is 5.82 Å². The van der Waals surface area contributed by atoms with Gasteiger partial charge in [0.05, 0.1) is 28.2 Å².